The maximum Gasteiger partial charge on any atom is 0.349 e. The molecule has 6 N–H and O–H groups in total. The van der Waals surface area contributed by atoms with Crippen LogP contribution in [0.5, 0.6) is 5.75 Å². The molecule has 230 valence electrons. The molecule has 2 atom stereocenters. The smallest absolute Gasteiger partial charge is 0.349 e. The third-order valence-electron chi connectivity index (χ3n) is 5.88. The monoisotopic (exact) mass is 597 g/mol. The number of phenols is 1. The molecule has 0 saturated carbocycles. The van der Waals surface area contributed by atoms with Crippen LogP contribution in [0, 0.1) is 0 Å². The van der Waals surface area contributed by atoms with Crippen LogP contribution in [0.1, 0.15) is 58.2 Å². The molecule has 0 aliphatic heterocycles. The number of carbonyl (C=O) groups excluding carboxylic acids is 2. The van der Waals surface area contributed by atoms with E-state index in [0.29, 0.717) is 12.1 Å². The van der Waals surface area contributed by atoms with Gasteiger partial charge >= 0.3 is 23.9 Å². The number of aliphatic hydroxyl groups is 2. The molecule has 0 fully saturated rings. The average molecular weight is 598 g/mol. The van der Waals surface area contributed by atoms with Crippen molar-refractivity contribution in [2.75, 3.05) is 0 Å². The van der Waals surface area contributed by atoms with Crippen molar-refractivity contribution in [3.05, 3.63) is 101 Å². The third kappa shape index (κ3) is 10.5. The van der Waals surface area contributed by atoms with E-state index in [1.165, 1.54) is 54.6 Å². The first-order valence-corrected chi connectivity index (χ1v) is 13.1. The van der Waals surface area contributed by atoms with Crippen LogP contribution in [0.2, 0.25) is 0 Å². The second-order valence-corrected chi connectivity index (χ2v) is 10.2. The number of rotatable bonds is 11. The predicted molar refractivity (Wildman–Crippen MR) is 153 cm³/mol. The second-order valence-electron chi connectivity index (χ2n) is 10.2. The number of aliphatic carboxylic acids is 2. The van der Waals surface area contributed by atoms with Crippen LogP contribution in [-0.2, 0) is 38.8 Å². The normalized spacial score (nSPS) is 12.2. The zero-order valence-corrected chi connectivity index (χ0v) is 23.9. The maximum absolute atomic E-state index is 12.0. The SMILES string of the molecule is CC(C)(C)NCc1c(CO)ccc(O)c1CO.O=C(OC(C(=O)O)C(OC(=O)c1ccccc1)C(=O)O)c1ccccc1. The fourth-order valence-corrected chi connectivity index (χ4v) is 3.63. The minimum atomic E-state index is -2.21. The minimum Gasteiger partial charge on any atom is -0.508 e. The lowest BCUT2D eigenvalue weighted by Gasteiger charge is -2.23. The van der Waals surface area contributed by atoms with E-state index in [0.717, 1.165) is 11.1 Å². The summed E-state index contributed by atoms with van der Waals surface area (Å²) >= 11 is 0. The lowest BCUT2D eigenvalue weighted by Crippen LogP contribution is -2.45. The Labute approximate surface area is 248 Å². The first-order chi connectivity index (χ1) is 20.3. The summed E-state index contributed by atoms with van der Waals surface area (Å²) in [4.78, 5) is 46.8. The fraction of sp³-hybridized carbons (Fsp3) is 0.290. The molecule has 0 heterocycles. The summed E-state index contributed by atoms with van der Waals surface area (Å²) in [5.74, 6) is -5.57. The summed E-state index contributed by atoms with van der Waals surface area (Å²) in [5, 5.41) is 50.0. The zero-order chi connectivity index (χ0) is 32.2. The Balaban J connectivity index is 0.000000329. The van der Waals surface area contributed by atoms with Crippen LogP contribution < -0.4 is 5.32 Å². The van der Waals surface area contributed by atoms with Gasteiger partial charge in [0.05, 0.1) is 24.3 Å². The standard InChI is InChI=1S/C18H14O8.C13H21NO3/c19-15(20)13(25-17(23)11-7-3-1-4-8-11)14(16(21)22)26-18(24)12-9-5-2-6-10-12;1-13(2,3)14-6-10-9(7-15)4-5-12(17)11(10)8-16/h1-10,13-14H,(H,19,20)(H,21,22);4-5,14-17H,6-8H2,1-3H3. The molecule has 3 aromatic rings. The van der Waals surface area contributed by atoms with Crippen molar-refractivity contribution in [1.82, 2.24) is 5.32 Å². The van der Waals surface area contributed by atoms with Crippen LogP contribution >= 0.6 is 0 Å². The summed E-state index contributed by atoms with van der Waals surface area (Å²) in [5.41, 5.74) is 1.96. The van der Waals surface area contributed by atoms with Gasteiger partial charge in [0.2, 0.25) is 12.2 Å². The van der Waals surface area contributed by atoms with Crippen molar-refractivity contribution in [3.8, 4) is 5.75 Å². The van der Waals surface area contributed by atoms with Crippen molar-refractivity contribution in [3.63, 3.8) is 0 Å². The van der Waals surface area contributed by atoms with Gasteiger partial charge in [0.15, 0.2) is 0 Å². The number of ether oxygens (including phenoxy) is 2. The van der Waals surface area contributed by atoms with Gasteiger partial charge in [-0.25, -0.2) is 19.2 Å². The highest BCUT2D eigenvalue weighted by atomic mass is 16.6. The summed E-state index contributed by atoms with van der Waals surface area (Å²) in [6.45, 7) is 6.27. The van der Waals surface area contributed by atoms with Crippen LogP contribution in [0.15, 0.2) is 72.8 Å². The molecule has 43 heavy (non-hydrogen) atoms. The number of carboxylic acid groups (broad SMARTS) is 2. The van der Waals surface area contributed by atoms with E-state index < -0.39 is 36.1 Å². The Morgan fingerprint density at radius 3 is 1.49 bits per heavy atom. The highest BCUT2D eigenvalue weighted by Crippen LogP contribution is 2.25. The van der Waals surface area contributed by atoms with Gasteiger partial charge in [0, 0.05) is 17.6 Å². The number of carboxylic acids is 2. The number of hydrogen-bond donors (Lipinski definition) is 6. The number of hydrogen-bond acceptors (Lipinski definition) is 10. The third-order valence-corrected chi connectivity index (χ3v) is 5.88. The van der Waals surface area contributed by atoms with Crippen LogP contribution in [0.25, 0.3) is 0 Å². The molecule has 12 nitrogen and oxygen atoms in total. The average Bonchev–Trinajstić information content (AvgIpc) is 2.98. The lowest BCUT2D eigenvalue weighted by atomic mass is 9.99. The van der Waals surface area contributed by atoms with E-state index in [-0.39, 0.29) is 35.6 Å². The fourth-order valence-electron chi connectivity index (χ4n) is 3.63. The Morgan fingerprint density at radius 2 is 1.14 bits per heavy atom. The molecule has 0 amide bonds. The molecular weight excluding hydrogens is 562 g/mol. The van der Waals surface area contributed by atoms with E-state index in [1.54, 1.807) is 18.2 Å². The summed E-state index contributed by atoms with van der Waals surface area (Å²) in [6, 6.07) is 18.0. The molecule has 0 aliphatic rings. The van der Waals surface area contributed by atoms with E-state index >= 15 is 0 Å². The largest absolute Gasteiger partial charge is 0.508 e. The number of aliphatic hydroxyl groups excluding tert-OH is 2. The van der Waals surface area contributed by atoms with Gasteiger partial charge in [-0.2, -0.15) is 0 Å². The first-order valence-electron chi connectivity index (χ1n) is 13.1. The molecule has 0 radical (unpaired) electrons. The number of aromatic hydroxyl groups is 1. The number of esters is 2. The molecule has 3 rings (SSSR count). The van der Waals surface area contributed by atoms with Crippen molar-refractivity contribution >= 4 is 23.9 Å². The van der Waals surface area contributed by atoms with Gasteiger partial charge < -0.3 is 40.3 Å². The molecule has 0 saturated heterocycles. The number of nitrogens with one attached hydrogen (secondary N) is 1. The lowest BCUT2D eigenvalue weighted by molar-refractivity contribution is -0.166. The molecular formula is C31H35NO11. The minimum absolute atomic E-state index is 0.0253. The van der Waals surface area contributed by atoms with Crippen molar-refractivity contribution < 1.29 is 54.2 Å². The molecule has 0 bridgehead atoms. The maximum atomic E-state index is 12.0. The van der Waals surface area contributed by atoms with Crippen LogP contribution in [0.3, 0.4) is 0 Å². The molecule has 0 aliphatic carbocycles. The Morgan fingerprint density at radius 1 is 0.698 bits per heavy atom. The summed E-state index contributed by atoms with van der Waals surface area (Å²) in [7, 11) is 0. The number of benzene rings is 3. The predicted octanol–water partition coefficient (Wildman–Crippen LogP) is 2.87. The van der Waals surface area contributed by atoms with Crippen molar-refractivity contribution in [2.24, 2.45) is 0 Å². The topological polar surface area (TPSA) is 200 Å². The van der Waals surface area contributed by atoms with Crippen LogP contribution in [0.4, 0.5) is 0 Å². The van der Waals surface area contributed by atoms with Gasteiger partial charge in [-0.15, -0.1) is 0 Å². The van der Waals surface area contributed by atoms with Gasteiger partial charge in [0.1, 0.15) is 5.75 Å². The van der Waals surface area contributed by atoms with E-state index in [2.05, 4.69) is 5.32 Å². The van der Waals surface area contributed by atoms with E-state index in [9.17, 15) is 44.7 Å². The van der Waals surface area contributed by atoms with Crippen LogP contribution in [-0.4, -0.2) is 67.2 Å². The summed E-state index contributed by atoms with van der Waals surface area (Å²) < 4.78 is 9.52. The van der Waals surface area contributed by atoms with Gasteiger partial charge in [0.25, 0.3) is 0 Å². The highest BCUT2D eigenvalue weighted by molar-refractivity contribution is 5.95. The van der Waals surface area contributed by atoms with Gasteiger partial charge in [-0.1, -0.05) is 42.5 Å². The van der Waals surface area contributed by atoms with Crippen molar-refractivity contribution in [1.29, 1.82) is 0 Å². The molecule has 12 heteroatoms. The van der Waals surface area contributed by atoms with Gasteiger partial charge in [-0.05, 0) is 62.2 Å². The molecule has 2 unspecified atom stereocenters. The summed E-state index contributed by atoms with van der Waals surface area (Å²) in [6.07, 6.45) is -4.43. The van der Waals surface area contributed by atoms with Crippen molar-refractivity contribution in [2.45, 2.75) is 58.3 Å². The Bertz CT molecular complexity index is 1320. The molecule has 0 spiro atoms. The first kappa shape index (κ1) is 34.4. The quantitative estimate of drug-likeness (QED) is 0.177. The molecule has 0 aromatic heterocycles. The second kappa shape index (κ2) is 16.0. The van der Waals surface area contributed by atoms with E-state index in [4.69, 9.17) is 9.47 Å². The van der Waals surface area contributed by atoms with E-state index in [1.807, 2.05) is 20.8 Å². The van der Waals surface area contributed by atoms with Gasteiger partial charge in [-0.3, -0.25) is 0 Å². The Hall–Kier alpha value is -4.78. The zero-order valence-electron chi connectivity index (χ0n) is 23.9. The number of carbonyl (C=O) groups is 4. The molecule has 3 aromatic carbocycles. The highest BCUT2D eigenvalue weighted by Gasteiger charge is 2.41. The Kier molecular flexibility index (Phi) is 12.8.